The molecule has 32 heavy (non-hydrogen) atoms. The number of pyridine rings is 1. The molecule has 7 nitrogen and oxygen atoms in total. The van der Waals surface area contributed by atoms with Gasteiger partial charge in [0.2, 0.25) is 0 Å². The number of alkyl halides is 3. The molecule has 0 amide bonds. The zero-order chi connectivity index (χ0) is 22.7. The zero-order valence-corrected chi connectivity index (χ0v) is 16.1. The number of nitrogens with zero attached hydrogens (tertiary/aromatic N) is 5. The molecule has 0 aliphatic rings. The van der Waals surface area contributed by atoms with Gasteiger partial charge in [0.25, 0.3) is 5.88 Å². The molecule has 164 valence electrons. The van der Waals surface area contributed by atoms with E-state index in [4.69, 9.17) is 4.74 Å². The van der Waals surface area contributed by atoms with E-state index >= 15 is 0 Å². The summed E-state index contributed by atoms with van der Waals surface area (Å²) in [7, 11) is 0. The second-order valence-corrected chi connectivity index (χ2v) is 6.49. The minimum Gasteiger partial charge on any atom is -0.436 e. The lowest BCUT2D eigenvalue weighted by molar-refractivity contribution is -0.138. The Bertz CT molecular complexity index is 1260. The number of nitrogens with one attached hydrogen (secondary N) is 1. The molecule has 0 aliphatic carbocycles. The molecule has 0 radical (unpaired) electrons. The molecule has 1 N–H and O–H groups in total. The van der Waals surface area contributed by atoms with Crippen LogP contribution in [0.25, 0.3) is 11.2 Å². The Hall–Kier alpha value is -3.96. The molecule has 0 bridgehead atoms. The van der Waals surface area contributed by atoms with Crippen molar-refractivity contribution in [3.63, 3.8) is 0 Å². The predicted octanol–water partition coefficient (Wildman–Crippen LogP) is 4.56. The summed E-state index contributed by atoms with van der Waals surface area (Å²) < 4.78 is 71.2. The van der Waals surface area contributed by atoms with Crippen molar-refractivity contribution >= 4 is 17.0 Å². The van der Waals surface area contributed by atoms with Crippen LogP contribution in [-0.2, 0) is 12.6 Å². The second kappa shape index (κ2) is 8.65. The lowest BCUT2D eigenvalue weighted by Gasteiger charge is -2.11. The van der Waals surface area contributed by atoms with Crippen LogP contribution in [-0.4, -0.2) is 31.5 Å². The molecule has 0 saturated heterocycles. The molecule has 0 atom stereocenters. The zero-order valence-electron chi connectivity index (χ0n) is 16.1. The first kappa shape index (κ1) is 21.3. The van der Waals surface area contributed by atoms with Gasteiger partial charge in [-0.15, -0.1) is 0 Å². The summed E-state index contributed by atoms with van der Waals surface area (Å²) in [5, 5.41) is 3.04. The summed E-state index contributed by atoms with van der Waals surface area (Å²) in [5.41, 5.74) is -0.0268. The van der Waals surface area contributed by atoms with Crippen molar-refractivity contribution in [1.82, 2.24) is 24.9 Å². The highest BCUT2D eigenvalue weighted by Gasteiger charge is 2.32. The quantitative estimate of drug-likeness (QED) is 0.433. The maximum Gasteiger partial charge on any atom is 0.417 e. The fourth-order valence-corrected chi connectivity index (χ4v) is 2.80. The third-order valence-electron chi connectivity index (χ3n) is 4.33. The monoisotopic (exact) mass is 448 g/mol. The number of ether oxygens (including phenoxy) is 1. The summed E-state index contributed by atoms with van der Waals surface area (Å²) in [6.07, 6.45) is 0.313. The molecule has 12 heteroatoms. The van der Waals surface area contributed by atoms with Gasteiger partial charge < -0.3 is 10.1 Å². The SMILES string of the molecule is Fc1cc(Oc2ncc(C(F)(F)F)cc2F)ccc1CCNc1ncnc2nccnc12. The van der Waals surface area contributed by atoms with Crippen LogP contribution in [0.1, 0.15) is 11.1 Å². The van der Waals surface area contributed by atoms with E-state index < -0.39 is 29.3 Å². The van der Waals surface area contributed by atoms with Gasteiger partial charge in [-0.25, -0.2) is 33.7 Å². The summed E-state index contributed by atoms with van der Waals surface area (Å²) in [4.78, 5) is 19.7. The fraction of sp³-hybridized carbons (Fsp3) is 0.150. The van der Waals surface area contributed by atoms with Crippen molar-refractivity contribution < 1.29 is 26.7 Å². The maximum atomic E-state index is 14.4. The van der Waals surface area contributed by atoms with Gasteiger partial charge in [0.1, 0.15) is 23.4 Å². The summed E-state index contributed by atoms with van der Waals surface area (Å²) in [6.45, 7) is 0.314. The van der Waals surface area contributed by atoms with Crippen molar-refractivity contribution in [2.75, 3.05) is 11.9 Å². The normalized spacial score (nSPS) is 11.5. The van der Waals surface area contributed by atoms with E-state index in [1.165, 1.54) is 30.9 Å². The molecule has 0 aliphatic heterocycles. The van der Waals surface area contributed by atoms with E-state index in [2.05, 4.69) is 30.2 Å². The molecular formula is C20H13F5N6O. The van der Waals surface area contributed by atoms with Gasteiger partial charge >= 0.3 is 6.18 Å². The van der Waals surface area contributed by atoms with Crippen molar-refractivity contribution in [1.29, 1.82) is 0 Å². The number of anilines is 1. The topological polar surface area (TPSA) is 85.7 Å². The average Bonchev–Trinajstić information content (AvgIpc) is 2.76. The number of benzene rings is 1. The average molecular weight is 448 g/mol. The Labute approximate surface area is 177 Å². The molecule has 0 spiro atoms. The van der Waals surface area contributed by atoms with Gasteiger partial charge in [0.05, 0.1) is 5.56 Å². The highest BCUT2D eigenvalue weighted by atomic mass is 19.4. The number of aromatic nitrogens is 5. The van der Waals surface area contributed by atoms with Crippen LogP contribution in [0.5, 0.6) is 11.6 Å². The second-order valence-electron chi connectivity index (χ2n) is 6.49. The molecule has 0 unspecified atom stereocenters. The highest BCUT2D eigenvalue weighted by molar-refractivity contribution is 5.81. The number of fused-ring (bicyclic) bond motifs is 1. The molecule has 4 aromatic rings. The van der Waals surface area contributed by atoms with Crippen LogP contribution in [0.15, 0.2) is 49.2 Å². The van der Waals surface area contributed by atoms with Crippen LogP contribution in [0.4, 0.5) is 27.8 Å². The third-order valence-corrected chi connectivity index (χ3v) is 4.33. The maximum absolute atomic E-state index is 14.4. The Morgan fingerprint density at radius 2 is 1.72 bits per heavy atom. The van der Waals surface area contributed by atoms with Crippen molar-refractivity contribution in [3.8, 4) is 11.6 Å². The van der Waals surface area contributed by atoms with Gasteiger partial charge in [0.15, 0.2) is 17.3 Å². The Balaban J connectivity index is 1.41. The van der Waals surface area contributed by atoms with E-state index in [0.29, 0.717) is 35.3 Å². The van der Waals surface area contributed by atoms with Gasteiger partial charge in [-0.05, 0) is 24.1 Å². The van der Waals surface area contributed by atoms with Crippen LogP contribution in [0.2, 0.25) is 0 Å². The third kappa shape index (κ3) is 4.68. The van der Waals surface area contributed by atoms with Crippen LogP contribution in [0.3, 0.4) is 0 Å². The molecule has 4 rings (SSSR count). The Morgan fingerprint density at radius 1 is 0.906 bits per heavy atom. The minimum atomic E-state index is -4.74. The summed E-state index contributed by atoms with van der Waals surface area (Å²) in [6, 6.07) is 4.05. The minimum absolute atomic E-state index is 0.109. The van der Waals surface area contributed by atoms with E-state index in [1.54, 1.807) is 0 Å². The molecule has 1 aromatic carbocycles. The smallest absolute Gasteiger partial charge is 0.417 e. The standard InChI is InChI=1S/C20H13F5N6O/c21-14-8-13(32-19-15(22)7-12(9-29-19)20(23,24)25)2-1-11(14)3-4-27-17-16-18(31-10-30-17)28-6-5-26-16/h1-2,5-10H,3-4H2,(H,27,28,30,31). The number of rotatable bonds is 6. The Morgan fingerprint density at radius 3 is 2.47 bits per heavy atom. The summed E-state index contributed by atoms with van der Waals surface area (Å²) >= 11 is 0. The molecule has 3 aromatic heterocycles. The van der Waals surface area contributed by atoms with Crippen molar-refractivity contribution in [3.05, 3.63) is 71.9 Å². The molecule has 3 heterocycles. The molecular weight excluding hydrogens is 435 g/mol. The van der Waals surface area contributed by atoms with E-state index in [-0.39, 0.29) is 18.2 Å². The van der Waals surface area contributed by atoms with Crippen LogP contribution in [0, 0.1) is 11.6 Å². The summed E-state index contributed by atoms with van der Waals surface area (Å²) in [5.74, 6) is -2.30. The lowest BCUT2D eigenvalue weighted by atomic mass is 10.1. The first-order valence-corrected chi connectivity index (χ1v) is 9.16. The largest absolute Gasteiger partial charge is 0.436 e. The van der Waals surface area contributed by atoms with Crippen LogP contribution >= 0.6 is 0 Å². The van der Waals surface area contributed by atoms with Crippen molar-refractivity contribution in [2.24, 2.45) is 0 Å². The van der Waals surface area contributed by atoms with Gasteiger partial charge in [-0.2, -0.15) is 13.2 Å². The highest BCUT2D eigenvalue weighted by Crippen LogP contribution is 2.32. The van der Waals surface area contributed by atoms with Crippen LogP contribution < -0.4 is 10.1 Å². The number of hydrogen-bond donors (Lipinski definition) is 1. The molecule has 0 saturated carbocycles. The van der Waals surface area contributed by atoms with E-state index in [1.807, 2.05) is 0 Å². The predicted molar refractivity (Wildman–Crippen MR) is 103 cm³/mol. The number of hydrogen-bond acceptors (Lipinski definition) is 7. The van der Waals surface area contributed by atoms with Crippen molar-refractivity contribution in [2.45, 2.75) is 12.6 Å². The van der Waals surface area contributed by atoms with Gasteiger partial charge in [-0.1, -0.05) is 6.07 Å². The molecule has 0 fully saturated rings. The van der Waals surface area contributed by atoms with Gasteiger partial charge in [-0.3, -0.25) is 0 Å². The van der Waals surface area contributed by atoms with E-state index in [0.717, 1.165) is 6.07 Å². The van der Waals surface area contributed by atoms with E-state index in [9.17, 15) is 22.0 Å². The number of halogens is 5. The lowest BCUT2D eigenvalue weighted by Crippen LogP contribution is -2.09. The Kier molecular flexibility index (Phi) is 5.75. The fourth-order valence-electron chi connectivity index (χ4n) is 2.80. The van der Waals surface area contributed by atoms with Gasteiger partial charge in [0, 0.05) is 31.2 Å². The first-order valence-electron chi connectivity index (χ1n) is 9.16. The first-order chi connectivity index (χ1) is 15.3.